The van der Waals surface area contributed by atoms with Crippen molar-refractivity contribution >= 4 is 5.82 Å². The van der Waals surface area contributed by atoms with Crippen LogP contribution in [0, 0.1) is 11.3 Å². The van der Waals surface area contributed by atoms with Crippen LogP contribution in [0.15, 0.2) is 4.79 Å². The first kappa shape index (κ1) is 9.78. The highest BCUT2D eigenvalue weighted by atomic mass is 16.1. The largest absolute Gasteiger partial charge is 0.384 e. The van der Waals surface area contributed by atoms with Crippen LogP contribution in [0.5, 0.6) is 0 Å². The normalized spacial score (nSPS) is 14.4. The predicted octanol–water partition coefficient (Wildman–Crippen LogP) is 0.718. The molecule has 0 saturated carbocycles. The predicted molar refractivity (Wildman–Crippen MR) is 57.5 cm³/mol. The van der Waals surface area contributed by atoms with Crippen LogP contribution in [0.25, 0.3) is 0 Å². The van der Waals surface area contributed by atoms with E-state index in [1.54, 1.807) is 7.05 Å². The second-order valence-electron chi connectivity index (χ2n) is 3.90. The van der Waals surface area contributed by atoms with Gasteiger partial charge in [-0.2, -0.15) is 5.26 Å². The summed E-state index contributed by atoms with van der Waals surface area (Å²) in [5.74, 6) is 0.295. The van der Waals surface area contributed by atoms with Crippen LogP contribution in [0.2, 0.25) is 0 Å². The Hall–Kier alpha value is -1.76. The number of hydrogen-bond donors (Lipinski definition) is 1. The number of nitrogens with two attached hydrogens (primary N) is 1. The van der Waals surface area contributed by atoms with E-state index in [0.717, 1.165) is 36.8 Å². The average Bonchev–Trinajstić information content (AvgIpc) is 2.27. The van der Waals surface area contributed by atoms with Gasteiger partial charge in [-0.15, -0.1) is 0 Å². The van der Waals surface area contributed by atoms with Crippen molar-refractivity contribution in [3.05, 3.63) is 27.0 Å². The Morgan fingerprint density at radius 3 is 2.53 bits per heavy atom. The van der Waals surface area contributed by atoms with Crippen molar-refractivity contribution in [2.24, 2.45) is 7.05 Å². The first-order valence-electron chi connectivity index (χ1n) is 5.07. The molecular weight excluding hydrogens is 190 g/mol. The summed E-state index contributed by atoms with van der Waals surface area (Å²) < 4.78 is 1.38. The first-order valence-corrected chi connectivity index (χ1v) is 5.07. The molecule has 0 aliphatic heterocycles. The molecule has 0 radical (unpaired) electrons. The summed E-state index contributed by atoms with van der Waals surface area (Å²) in [4.78, 5) is 11.9. The van der Waals surface area contributed by atoms with Gasteiger partial charge in [0, 0.05) is 12.6 Å². The third-order valence-electron chi connectivity index (χ3n) is 3.06. The maximum Gasteiger partial charge on any atom is 0.255 e. The molecule has 1 heterocycles. The van der Waals surface area contributed by atoms with Crippen LogP contribution in [0.4, 0.5) is 5.82 Å². The van der Waals surface area contributed by atoms with Crippen LogP contribution < -0.4 is 11.3 Å². The number of fused-ring (bicyclic) bond motifs is 1. The summed E-state index contributed by atoms with van der Waals surface area (Å²) in [6.45, 7) is 0. The minimum absolute atomic E-state index is 0.0406. The standard InChI is InChI=1S/C11H13N3O/c1-14-10(13)9(6-12)7-4-2-3-5-8(7)11(14)15/h2-5,13H2,1H3. The van der Waals surface area contributed by atoms with E-state index in [4.69, 9.17) is 11.0 Å². The zero-order valence-corrected chi connectivity index (χ0v) is 8.71. The van der Waals surface area contributed by atoms with Crippen molar-refractivity contribution < 1.29 is 0 Å². The quantitative estimate of drug-likeness (QED) is 0.675. The molecule has 0 fully saturated rings. The maximum absolute atomic E-state index is 11.9. The van der Waals surface area contributed by atoms with Crippen molar-refractivity contribution in [3.63, 3.8) is 0 Å². The highest BCUT2D eigenvalue weighted by Crippen LogP contribution is 2.24. The van der Waals surface area contributed by atoms with E-state index in [1.807, 2.05) is 0 Å². The third-order valence-corrected chi connectivity index (χ3v) is 3.06. The zero-order valence-electron chi connectivity index (χ0n) is 8.71. The molecule has 0 atom stereocenters. The van der Waals surface area contributed by atoms with Gasteiger partial charge in [-0.3, -0.25) is 9.36 Å². The average molecular weight is 203 g/mol. The lowest BCUT2D eigenvalue weighted by Crippen LogP contribution is -2.28. The number of nitrogens with zero attached hydrogens (tertiary/aromatic N) is 2. The van der Waals surface area contributed by atoms with Crippen LogP contribution in [-0.4, -0.2) is 4.57 Å². The van der Waals surface area contributed by atoms with Crippen molar-refractivity contribution in [2.75, 3.05) is 5.73 Å². The van der Waals surface area contributed by atoms with E-state index < -0.39 is 0 Å². The van der Waals surface area contributed by atoms with Gasteiger partial charge in [-0.25, -0.2) is 0 Å². The second kappa shape index (κ2) is 3.43. The Morgan fingerprint density at radius 1 is 1.33 bits per heavy atom. The lowest BCUT2D eigenvalue weighted by Gasteiger charge is -2.19. The molecule has 0 saturated heterocycles. The van der Waals surface area contributed by atoms with Crippen LogP contribution in [0.3, 0.4) is 0 Å². The Morgan fingerprint density at radius 2 is 1.93 bits per heavy atom. The molecule has 78 valence electrons. The molecule has 2 rings (SSSR count). The van der Waals surface area contributed by atoms with Gasteiger partial charge in [0.2, 0.25) is 0 Å². The smallest absolute Gasteiger partial charge is 0.255 e. The summed E-state index contributed by atoms with van der Waals surface area (Å²) in [5.41, 5.74) is 7.88. The Bertz CT molecular complexity index is 508. The number of pyridine rings is 1. The summed E-state index contributed by atoms with van der Waals surface area (Å²) in [6, 6.07) is 2.11. The van der Waals surface area contributed by atoms with Crippen molar-refractivity contribution in [1.82, 2.24) is 4.57 Å². The SMILES string of the molecule is Cn1c(N)c(C#N)c2c(c1=O)CCCC2. The molecule has 1 aliphatic rings. The molecule has 0 aromatic carbocycles. The van der Waals surface area contributed by atoms with Gasteiger partial charge < -0.3 is 5.73 Å². The van der Waals surface area contributed by atoms with E-state index in [1.165, 1.54) is 4.57 Å². The topological polar surface area (TPSA) is 71.8 Å². The molecule has 0 unspecified atom stereocenters. The van der Waals surface area contributed by atoms with E-state index >= 15 is 0 Å². The number of nitriles is 1. The number of aromatic nitrogens is 1. The number of hydrogen-bond acceptors (Lipinski definition) is 3. The van der Waals surface area contributed by atoms with Gasteiger partial charge in [0.15, 0.2) is 0 Å². The highest BCUT2D eigenvalue weighted by Gasteiger charge is 2.20. The lowest BCUT2D eigenvalue weighted by molar-refractivity contribution is 0.663. The van der Waals surface area contributed by atoms with Crippen molar-refractivity contribution in [2.45, 2.75) is 25.7 Å². The van der Waals surface area contributed by atoms with Crippen LogP contribution in [-0.2, 0) is 19.9 Å². The third kappa shape index (κ3) is 1.32. The second-order valence-corrected chi connectivity index (χ2v) is 3.90. The van der Waals surface area contributed by atoms with E-state index in [0.29, 0.717) is 11.4 Å². The molecule has 0 amide bonds. The minimum Gasteiger partial charge on any atom is -0.384 e. The Kier molecular flexibility index (Phi) is 2.24. The fraction of sp³-hybridized carbons (Fsp3) is 0.455. The molecule has 0 bridgehead atoms. The Balaban J connectivity index is 2.84. The van der Waals surface area contributed by atoms with Crippen molar-refractivity contribution in [3.8, 4) is 6.07 Å². The minimum atomic E-state index is -0.0406. The Labute approximate surface area is 87.9 Å². The summed E-state index contributed by atoms with van der Waals surface area (Å²) >= 11 is 0. The van der Waals surface area contributed by atoms with Gasteiger partial charge in [0.1, 0.15) is 11.9 Å². The van der Waals surface area contributed by atoms with Crippen LogP contribution in [0.1, 0.15) is 29.5 Å². The summed E-state index contributed by atoms with van der Waals surface area (Å²) in [7, 11) is 1.62. The molecule has 4 heteroatoms. The molecular formula is C11H13N3O. The molecule has 1 aliphatic carbocycles. The van der Waals surface area contributed by atoms with Gasteiger partial charge >= 0.3 is 0 Å². The number of rotatable bonds is 0. The number of nitrogen functional groups attached to an aromatic ring is 1. The fourth-order valence-corrected chi connectivity index (χ4v) is 2.18. The molecule has 1 aromatic heterocycles. The van der Waals surface area contributed by atoms with Crippen LogP contribution >= 0.6 is 0 Å². The number of anilines is 1. The lowest BCUT2D eigenvalue weighted by atomic mass is 9.89. The zero-order chi connectivity index (χ0) is 11.0. The maximum atomic E-state index is 11.9. The monoisotopic (exact) mass is 203 g/mol. The van der Waals surface area contributed by atoms with E-state index in [-0.39, 0.29) is 5.56 Å². The highest BCUT2D eigenvalue weighted by molar-refractivity contribution is 5.56. The molecule has 0 spiro atoms. The van der Waals surface area contributed by atoms with E-state index in [9.17, 15) is 4.79 Å². The molecule has 2 N–H and O–H groups in total. The fourth-order valence-electron chi connectivity index (χ4n) is 2.18. The van der Waals surface area contributed by atoms with Gasteiger partial charge in [0.25, 0.3) is 5.56 Å². The molecule has 1 aromatic rings. The summed E-state index contributed by atoms with van der Waals surface area (Å²) in [6.07, 6.45) is 3.64. The molecule has 4 nitrogen and oxygen atoms in total. The summed E-state index contributed by atoms with van der Waals surface area (Å²) in [5, 5.41) is 9.04. The van der Waals surface area contributed by atoms with Gasteiger partial charge in [-0.1, -0.05) is 0 Å². The van der Waals surface area contributed by atoms with Crippen molar-refractivity contribution in [1.29, 1.82) is 5.26 Å². The first-order chi connectivity index (χ1) is 7.16. The van der Waals surface area contributed by atoms with Gasteiger partial charge in [0.05, 0.1) is 5.56 Å². The molecule has 15 heavy (non-hydrogen) atoms. The van der Waals surface area contributed by atoms with E-state index in [2.05, 4.69) is 6.07 Å². The van der Waals surface area contributed by atoms with Gasteiger partial charge in [-0.05, 0) is 31.2 Å².